The maximum Gasteiger partial charge on any atom is 0.269 e. The van der Waals surface area contributed by atoms with Crippen molar-refractivity contribution in [1.29, 1.82) is 0 Å². The van der Waals surface area contributed by atoms with Crippen molar-refractivity contribution in [3.63, 3.8) is 0 Å². The Morgan fingerprint density at radius 3 is 2.60 bits per heavy atom. The summed E-state index contributed by atoms with van der Waals surface area (Å²) in [4.78, 5) is 13.8. The summed E-state index contributed by atoms with van der Waals surface area (Å²) in [5.74, 6) is -1.76. The second-order valence-corrected chi connectivity index (χ2v) is 2.83. The van der Waals surface area contributed by atoms with Crippen molar-refractivity contribution in [2.24, 2.45) is 0 Å². The van der Waals surface area contributed by atoms with Crippen LogP contribution in [0.4, 0.5) is 13.2 Å². The van der Waals surface area contributed by atoms with Gasteiger partial charge in [0.1, 0.15) is 0 Å². The Morgan fingerprint density at radius 2 is 2.20 bits per heavy atom. The van der Waals surface area contributed by atoms with Crippen LogP contribution in [0, 0.1) is 5.95 Å². The van der Waals surface area contributed by atoms with Gasteiger partial charge in [-0.1, -0.05) is 0 Å². The topological polar surface area (TPSA) is 39.2 Å². The van der Waals surface area contributed by atoms with Gasteiger partial charge >= 0.3 is 0 Å². The molecule has 1 rings (SSSR count). The smallest absolute Gasteiger partial charge is 0.269 e. The fraction of sp³-hybridized carbons (Fsp3) is 0.250. The summed E-state index contributed by atoms with van der Waals surface area (Å²) in [5, 5.41) is -1.19. The standard InChI is InChI=1S/C8H5ClF3NO2/c1-15-4-2-3(6(9)14)5(7(10)11)8(12)13-4/h2,7H,1H3. The third kappa shape index (κ3) is 2.38. The second kappa shape index (κ2) is 4.48. The SMILES string of the molecule is COc1cc(C(=O)Cl)c(C(F)F)c(F)n1. The van der Waals surface area contributed by atoms with Gasteiger partial charge in [0, 0.05) is 6.07 Å². The largest absolute Gasteiger partial charge is 0.481 e. The van der Waals surface area contributed by atoms with Crippen LogP contribution in [0.2, 0.25) is 0 Å². The van der Waals surface area contributed by atoms with Gasteiger partial charge in [-0.3, -0.25) is 4.79 Å². The molecule has 0 aliphatic carbocycles. The van der Waals surface area contributed by atoms with Gasteiger partial charge in [-0.2, -0.15) is 9.37 Å². The number of ether oxygens (including phenoxy) is 1. The lowest BCUT2D eigenvalue weighted by molar-refractivity contribution is 0.106. The van der Waals surface area contributed by atoms with E-state index < -0.39 is 28.7 Å². The number of hydrogen-bond donors (Lipinski definition) is 0. The molecule has 0 spiro atoms. The highest BCUT2D eigenvalue weighted by molar-refractivity contribution is 6.67. The molecule has 0 atom stereocenters. The molecule has 0 saturated heterocycles. The normalized spacial score (nSPS) is 10.5. The Balaban J connectivity index is 3.42. The first-order valence-electron chi connectivity index (χ1n) is 3.69. The van der Waals surface area contributed by atoms with Crippen LogP contribution >= 0.6 is 11.6 Å². The number of methoxy groups -OCH3 is 1. The summed E-state index contributed by atoms with van der Waals surface area (Å²) in [6.45, 7) is 0. The summed E-state index contributed by atoms with van der Waals surface area (Å²) in [5.41, 5.74) is -1.76. The quantitative estimate of drug-likeness (QED) is 0.601. The third-order valence-corrected chi connectivity index (χ3v) is 1.83. The molecule has 1 aromatic heterocycles. The van der Waals surface area contributed by atoms with Crippen LogP contribution in [0.5, 0.6) is 5.88 Å². The minimum Gasteiger partial charge on any atom is -0.481 e. The molecule has 0 unspecified atom stereocenters. The summed E-state index contributed by atoms with van der Waals surface area (Å²) in [7, 11) is 1.16. The molecule has 3 nitrogen and oxygen atoms in total. The van der Waals surface area contributed by atoms with E-state index >= 15 is 0 Å². The van der Waals surface area contributed by atoms with E-state index in [4.69, 9.17) is 11.6 Å². The van der Waals surface area contributed by atoms with Crippen LogP contribution in [0.15, 0.2) is 6.07 Å². The Labute approximate surface area is 87.8 Å². The van der Waals surface area contributed by atoms with E-state index in [1.54, 1.807) is 0 Å². The third-order valence-electron chi connectivity index (χ3n) is 1.63. The predicted octanol–water partition coefficient (Wildman–Crippen LogP) is 2.55. The molecule has 0 aromatic carbocycles. The maximum atomic E-state index is 13.0. The molecule has 15 heavy (non-hydrogen) atoms. The Morgan fingerprint density at radius 1 is 1.60 bits per heavy atom. The first-order valence-corrected chi connectivity index (χ1v) is 4.07. The minimum atomic E-state index is -3.17. The van der Waals surface area contributed by atoms with Gasteiger partial charge in [-0.25, -0.2) is 8.78 Å². The number of hydrogen-bond acceptors (Lipinski definition) is 3. The van der Waals surface area contributed by atoms with Crippen molar-refractivity contribution in [3.05, 3.63) is 23.1 Å². The minimum absolute atomic E-state index is 0.291. The fourth-order valence-electron chi connectivity index (χ4n) is 0.976. The number of aromatic nitrogens is 1. The van der Waals surface area contributed by atoms with Gasteiger partial charge in [0.15, 0.2) is 0 Å². The number of alkyl halides is 2. The Bertz CT molecular complexity index is 398. The molecule has 0 amide bonds. The molecule has 0 N–H and O–H groups in total. The van der Waals surface area contributed by atoms with E-state index in [2.05, 4.69) is 9.72 Å². The van der Waals surface area contributed by atoms with E-state index in [-0.39, 0.29) is 5.88 Å². The zero-order valence-corrected chi connectivity index (χ0v) is 8.19. The number of carbonyl (C=O) groups excluding carboxylic acids is 1. The molecule has 1 aromatic rings. The Hall–Kier alpha value is -1.30. The van der Waals surface area contributed by atoms with Crippen LogP contribution in [-0.2, 0) is 0 Å². The molecule has 0 radical (unpaired) electrons. The summed E-state index contributed by atoms with van der Waals surface area (Å²) in [6.07, 6.45) is -3.17. The highest BCUT2D eigenvalue weighted by Crippen LogP contribution is 2.28. The zero-order chi connectivity index (χ0) is 11.6. The maximum absolute atomic E-state index is 13.0. The fourth-order valence-corrected chi connectivity index (χ4v) is 1.13. The molecule has 0 saturated carbocycles. The van der Waals surface area contributed by atoms with E-state index in [1.807, 2.05) is 0 Å². The van der Waals surface area contributed by atoms with Gasteiger partial charge in [-0.05, 0) is 11.6 Å². The monoisotopic (exact) mass is 239 g/mol. The molecule has 0 bridgehead atoms. The summed E-state index contributed by atoms with van der Waals surface area (Å²) >= 11 is 5.03. The van der Waals surface area contributed by atoms with Crippen molar-refractivity contribution in [3.8, 4) is 5.88 Å². The average molecular weight is 240 g/mol. The van der Waals surface area contributed by atoms with E-state index in [9.17, 15) is 18.0 Å². The van der Waals surface area contributed by atoms with Crippen LogP contribution in [0.3, 0.4) is 0 Å². The number of halogens is 4. The van der Waals surface area contributed by atoms with E-state index in [0.29, 0.717) is 0 Å². The molecular weight excluding hydrogens is 235 g/mol. The number of nitrogens with zero attached hydrogens (tertiary/aromatic N) is 1. The first kappa shape index (κ1) is 11.8. The highest BCUT2D eigenvalue weighted by Gasteiger charge is 2.24. The van der Waals surface area contributed by atoms with Gasteiger partial charge in [0.25, 0.3) is 11.7 Å². The van der Waals surface area contributed by atoms with Gasteiger partial charge in [-0.15, -0.1) is 0 Å². The van der Waals surface area contributed by atoms with Crippen molar-refractivity contribution >= 4 is 16.8 Å². The van der Waals surface area contributed by atoms with Crippen LogP contribution in [0.25, 0.3) is 0 Å². The van der Waals surface area contributed by atoms with Crippen molar-refractivity contribution in [2.45, 2.75) is 6.43 Å². The molecule has 0 fully saturated rings. The first-order chi connectivity index (χ1) is 6.97. The van der Waals surface area contributed by atoms with Gasteiger partial charge in [0.2, 0.25) is 11.8 Å². The number of pyridine rings is 1. The molecule has 0 aliphatic rings. The van der Waals surface area contributed by atoms with E-state index in [0.717, 1.165) is 13.2 Å². The summed E-state index contributed by atoms with van der Waals surface area (Å²) < 4.78 is 42.2. The molecule has 7 heteroatoms. The molecular formula is C8H5ClF3NO2. The summed E-state index contributed by atoms with van der Waals surface area (Å²) in [6, 6.07) is 0.861. The lowest BCUT2D eigenvalue weighted by atomic mass is 10.1. The zero-order valence-electron chi connectivity index (χ0n) is 7.43. The second-order valence-electron chi connectivity index (χ2n) is 2.49. The van der Waals surface area contributed by atoms with Crippen LogP contribution in [0.1, 0.15) is 22.3 Å². The molecule has 0 aliphatic heterocycles. The highest BCUT2D eigenvalue weighted by atomic mass is 35.5. The average Bonchev–Trinajstić information content (AvgIpc) is 2.15. The van der Waals surface area contributed by atoms with Crippen LogP contribution < -0.4 is 4.74 Å². The van der Waals surface area contributed by atoms with Gasteiger partial charge in [0.05, 0.1) is 18.2 Å². The lowest BCUT2D eigenvalue weighted by Crippen LogP contribution is -2.05. The predicted molar refractivity (Wildman–Crippen MR) is 45.9 cm³/mol. The van der Waals surface area contributed by atoms with Crippen molar-refractivity contribution in [2.75, 3.05) is 7.11 Å². The van der Waals surface area contributed by atoms with Gasteiger partial charge < -0.3 is 4.74 Å². The Kier molecular flexibility index (Phi) is 3.52. The number of carbonyl (C=O) groups is 1. The van der Waals surface area contributed by atoms with E-state index in [1.165, 1.54) is 0 Å². The molecule has 82 valence electrons. The van der Waals surface area contributed by atoms with Crippen LogP contribution in [-0.4, -0.2) is 17.3 Å². The number of rotatable bonds is 3. The van der Waals surface area contributed by atoms with Crippen molar-refractivity contribution < 1.29 is 22.7 Å². The molecule has 1 heterocycles. The lowest BCUT2D eigenvalue weighted by Gasteiger charge is -2.07. The van der Waals surface area contributed by atoms with Crippen molar-refractivity contribution in [1.82, 2.24) is 4.98 Å².